The summed E-state index contributed by atoms with van der Waals surface area (Å²) in [6, 6.07) is 9.01. The number of rotatable bonds is 0. The molecule has 0 fully saturated rings. The van der Waals surface area contributed by atoms with Crippen LogP contribution in [0.1, 0.15) is 0 Å². The molecule has 0 amide bonds. The van der Waals surface area contributed by atoms with Gasteiger partial charge in [0.15, 0.2) is 0 Å². The Hall–Kier alpha value is -1.86. The van der Waals surface area contributed by atoms with E-state index in [9.17, 15) is 0 Å². The molecule has 0 spiro atoms. The fourth-order valence-electron chi connectivity index (χ4n) is 1.13. The van der Waals surface area contributed by atoms with Gasteiger partial charge in [0.25, 0.3) is 0 Å². The fourth-order valence-corrected chi connectivity index (χ4v) is 1.13. The summed E-state index contributed by atoms with van der Waals surface area (Å²) in [5.74, 6) is 0. The van der Waals surface area contributed by atoms with E-state index in [0.717, 1.165) is 5.39 Å². The molecule has 2 rings (SSSR count). The fraction of sp³-hybridized carbons (Fsp3) is 0. The number of hydrogen-bond acceptors (Lipinski definition) is 1. The van der Waals surface area contributed by atoms with E-state index in [-0.39, 0.29) is 0 Å². The van der Waals surface area contributed by atoms with Gasteiger partial charge in [-0.25, -0.2) is 0 Å². The summed E-state index contributed by atoms with van der Waals surface area (Å²) in [5.41, 5.74) is 9.33. The largest absolute Gasteiger partial charge is 0.464 e. The van der Waals surface area contributed by atoms with Crippen molar-refractivity contribution in [3.05, 3.63) is 47.5 Å². The van der Waals surface area contributed by atoms with E-state index in [1.165, 1.54) is 6.26 Å². The van der Waals surface area contributed by atoms with E-state index in [0.29, 0.717) is 10.9 Å². The first-order valence-electron chi connectivity index (χ1n) is 3.56. The molecule has 2 aromatic rings. The first kappa shape index (κ1) is 6.83. The maximum absolute atomic E-state index is 8.62. The van der Waals surface area contributed by atoms with Gasteiger partial charge < -0.3 is 9.95 Å². The van der Waals surface area contributed by atoms with Gasteiger partial charge in [0.2, 0.25) is 0 Å². The lowest BCUT2D eigenvalue weighted by Crippen LogP contribution is -2.01. The number of nitrogens with zero attached hydrogens (tertiary/aromatic N) is 2. The van der Waals surface area contributed by atoms with Crippen molar-refractivity contribution in [3.63, 3.8) is 0 Å². The summed E-state index contributed by atoms with van der Waals surface area (Å²) < 4.78 is 5.18. The highest BCUT2D eigenvalue weighted by Gasteiger charge is 1.99. The average Bonchev–Trinajstić information content (AvgIpc) is 2.17. The van der Waals surface area contributed by atoms with Crippen LogP contribution in [-0.4, -0.2) is 4.79 Å². The Morgan fingerprint density at radius 3 is 2.83 bits per heavy atom. The summed E-state index contributed by atoms with van der Waals surface area (Å²) in [7, 11) is 0. The Morgan fingerprint density at radius 2 is 2.00 bits per heavy atom. The molecule has 3 heteroatoms. The smallest absolute Gasteiger partial charge is 0.329 e. The van der Waals surface area contributed by atoms with E-state index in [4.69, 9.17) is 9.95 Å². The summed E-state index contributed by atoms with van der Waals surface area (Å²) in [5, 5.41) is 1.33. The second-order valence-corrected chi connectivity index (χ2v) is 2.40. The van der Waals surface area contributed by atoms with E-state index < -0.39 is 0 Å². The van der Waals surface area contributed by atoms with Crippen LogP contribution in [0.4, 0.5) is 0 Å². The molecule has 0 atom stereocenters. The molecule has 0 saturated heterocycles. The van der Waals surface area contributed by atoms with Crippen molar-refractivity contribution < 1.29 is 9.21 Å². The molecule has 0 radical (unpaired) electrons. The highest BCUT2D eigenvalue weighted by Crippen LogP contribution is 2.06. The second kappa shape index (κ2) is 2.64. The molecule has 0 aliphatic carbocycles. The Kier molecular flexibility index (Phi) is 1.50. The van der Waals surface area contributed by atoms with Crippen LogP contribution in [0.25, 0.3) is 16.5 Å². The third-order valence-electron chi connectivity index (χ3n) is 1.69. The van der Waals surface area contributed by atoms with Crippen LogP contribution in [0.5, 0.6) is 0 Å². The molecule has 0 aliphatic rings. The monoisotopic (exact) mass is 158 g/mol. The maximum atomic E-state index is 8.62. The summed E-state index contributed by atoms with van der Waals surface area (Å²) in [6.07, 6.45) is 1.50. The van der Waals surface area contributed by atoms with Gasteiger partial charge in [-0.2, -0.15) is 4.79 Å². The lowest BCUT2D eigenvalue weighted by molar-refractivity contribution is -0.0629. The second-order valence-electron chi connectivity index (χ2n) is 2.40. The predicted octanol–water partition coefficient (Wildman–Crippen LogP) is 1.56. The molecule has 1 aromatic heterocycles. The van der Waals surface area contributed by atoms with E-state index in [1.807, 2.05) is 24.3 Å². The van der Waals surface area contributed by atoms with E-state index in [2.05, 4.69) is 4.79 Å². The summed E-state index contributed by atoms with van der Waals surface area (Å²) in [6.45, 7) is 0. The Bertz CT molecular complexity index is 490. The van der Waals surface area contributed by atoms with Crippen molar-refractivity contribution >= 4 is 11.0 Å². The highest BCUT2D eigenvalue weighted by atomic mass is 16.3. The normalized spacial score (nSPS) is 9.67. The molecule has 12 heavy (non-hydrogen) atoms. The van der Waals surface area contributed by atoms with Gasteiger partial charge in [-0.05, 0) is 12.1 Å². The van der Waals surface area contributed by atoms with Gasteiger partial charge in [0.05, 0.1) is 12.3 Å². The standard InChI is InChI=1S/C9H6N2O/c10-11-8-5-6-12-9-4-2-1-3-7(8)9/h1-6H. The summed E-state index contributed by atoms with van der Waals surface area (Å²) in [4.78, 5) is 3.14. The Morgan fingerprint density at radius 1 is 1.17 bits per heavy atom. The third kappa shape index (κ3) is 0.929. The van der Waals surface area contributed by atoms with Crippen LogP contribution < -0.4 is 5.36 Å². The third-order valence-corrected chi connectivity index (χ3v) is 1.69. The molecule has 58 valence electrons. The first-order chi connectivity index (χ1) is 5.92. The van der Waals surface area contributed by atoms with Crippen molar-refractivity contribution in [1.82, 2.24) is 0 Å². The van der Waals surface area contributed by atoms with Gasteiger partial charge in [0, 0.05) is 0 Å². The van der Waals surface area contributed by atoms with E-state index >= 15 is 0 Å². The van der Waals surface area contributed by atoms with Crippen LogP contribution in [0.2, 0.25) is 0 Å². The van der Waals surface area contributed by atoms with Crippen LogP contribution in [0.15, 0.2) is 41.0 Å². The van der Waals surface area contributed by atoms with Crippen molar-refractivity contribution in [1.29, 1.82) is 0 Å². The molecule has 0 aliphatic heterocycles. The molecule has 3 nitrogen and oxygen atoms in total. The van der Waals surface area contributed by atoms with Crippen molar-refractivity contribution in [3.8, 4) is 0 Å². The number of hydrogen-bond donors (Lipinski definition) is 0. The lowest BCUT2D eigenvalue weighted by Gasteiger charge is -1.89. The minimum atomic E-state index is 0.525. The van der Waals surface area contributed by atoms with Gasteiger partial charge in [-0.1, -0.05) is 12.1 Å². The summed E-state index contributed by atoms with van der Waals surface area (Å²) >= 11 is 0. The molecular formula is C9H6N2O. The predicted molar refractivity (Wildman–Crippen MR) is 43.0 cm³/mol. The first-order valence-corrected chi connectivity index (χ1v) is 3.56. The molecule has 1 aromatic carbocycles. The molecule has 1 heterocycles. The van der Waals surface area contributed by atoms with Crippen molar-refractivity contribution in [2.75, 3.05) is 0 Å². The van der Waals surface area contributed by atoms with Crippen LogP contribution in [0.3, 0.4) is 0 Å². The minimum Gasteiger partial charge on any atom is -0.464 e. The topological polar surface area (TPSA) is 49.5 Å². The van der Waals surface area contributed by atoms with Crippen molar-refractivity contribution in [2.45, 2.75) is 0 Å². The quantitative estimate of drug-likeness (QED) is 0.424. The molecule has 0 bridgehead atoms. The SMILES string of the molecule is [N-]=[N+]=c1ccoc2ccccc12. The molecule has 0 saturated carbocycles. The molecular weight excluding hydrogens is 152 g/mol. The van der Waals surface area contributed by atoms with Crippen LogP contribution in [-0.2, 0) is 0 Å². The average molecular weight is 158 g/mol. The van der Waals surface area contributed by atoms with Crippen LogP contribution in [0, 0.1) is 0 Å². The van der Waals surface area contributed by atoms with Gasteiger partial charge >= 0.3 is 5.36 Å². The zero-order chi connectivity index (χ0) is 8.39. The minimum absolute atomic E-state index is 0.525. The molecule has 0 unspecified atom stereocenters. The Labute approximate surface area is 68.5 Å². The molecule has 0 N–H and O–H groups in total. The van der Waals surface area contributed by atoms with Gasteiger partial charge in [-0.15, -0.1) is 0 Å². The Balaban J connectivity index is 3.09. The highest BCUT2D eigenvalue weighted by molar-refractivity contribution is 5.74. The maximum Gasteiger partial charge on any atom is 0.329 e. The number of benzene rings is 1. The lowest BCUT2D eigenvalue weighted by atomic mass is 10.2. The van der Waals surface area contributed by atoms with Gasteiger partial charge in [-0.3, -0.25) is 0 Å². The van der Waals surface area contributed by atoms with E-state index in [1.54, 1.807) is 6.07 Å². The number of para-hydroxylation sites is 1. The zero-order valence-corrected chi connectivity index (χ0v) is 6.27. The van der Waals surface area contributed by atoms with Gasteiger partial charge in [0.1, 0.15) is 11.0 Å². The van der Waals surface area contributed by atoms with Crippen molar-refractivity contribution in [2.24, 2.45) is 0 Å². The number of fused-ring (bicyclic) bond motifs is 1. The van der Waals surface area contributed by atoms with Crippen LogP contribution >= 0.6 is 0 Å². The zero-order valence-electron chi connectivity index (χ0n) is 6.27.